The maximum absolute atomic E-state index is 11.5. The molecular weight excluding hydrogens is 262 g/mol. The molecule has 1 heterocycles. The summed E-state index contributed by atoms with van der Waals surface area (Å²) in [6.45, 7) is 4.08. The van der Waals surface area contributed by atoms with E-state index >= 15 is 0 Å². The normalized spacial score (nSPS) is 10.2. The molecule has 0 radical (unpaired) electrons. The Morgan fingerprint density at radius 3 is 3.05 bits per heavy atom. The molecule has 100 valence electrons. The van der Waals surface area contributed by atoms with Gasteiger partial charge in [0.15, 0.2) is 10.8 Å². The van der Waals surface area contributed by atoms with Crippen LogP contribution in [0.4, 0.5) is 16.5 Å². The molecule has 0 bridgehead atoms. The highest BCUT2D eigenvalue weighted by molar-refractivity contribution is 7.14. The largest absolute Gasteiger partial charge is 0.461 e. The zero-order valence-electron chi connectivity index (χ0n) is 10.8. The summed E-state index contributed by atoms with van der Waals surface area (Å²) in [5.41, 5.74) is 8.67. The van der Waals surface area contributed by atoms with Crippen LogP contribution in [0.15, 0.2) is 23.6 Å². The molecule has 1 aromatic carbocycles. The molecule has 0 spiro atoms. The van der Waals surface area contributed by atoms with Gasteiger partial charge in [0.05, 0.1) is 6.61 Å². The van der Waals surface area contributed by atoms with Crippen molar-refractivity contribution < 1.29 is 9.53 Å². The lowest BCUT2D eigenvalue weighted by Crippen LogP contribution is -2.05. The predicted octanol–water partition coefficient (Wildman–Crippen LogP) is 2.95. The van der Waals surface area contributed by atoms with Crippen molar-refractivity contribution in [3.63, 3.8) is 0 Å². The van der Waals surface area contributed by atoms with E-state index in [0.29, 0.717) is 23.1 Å². The van der Waals surface area contributed by atoms with Crippen molar-refractivity contribution in [3.8, 4) is 0 Å². The van der Waals surface area contributed by atoms with Crippen LogP contribution in [0, 0.1) is 6.92 Å². The number of hydrogen-bond acceptors (Lipinski definition) is 6. The van der Waals surface area contributed by atoms with Crippen molar-refractivity contribution in [1.29, 1.82) is 0 Å². The molecule has 5 nitrogen and oxygen atoms in total. The smallest absolute Gasteiger partial charge is 0.357 e. The highest BCUT2D eigenvalue weighted by Crippen LogP contribution is 2.25. The molecule has 0 saturated carbocycles. The third-order valence-corrected chi connectivity index (χ3v) is 3.25. The third-order valence-electron chi connectivity index (χ3n) is 2.49. The minimum absolute atomic E-state index is 0.316. The number of nitrogens with one attached hydrogen (secondary N) is 1. The number of aryl methyl sites for hydroxylation is 1. The minimum atomic E-state index is -0.406. The van der Waals surface area contributed by atoms with Crippen LogP contribution in [0.3, 0.4) is 0 Å². The van der Waals surface area contributed by atoms with Gasteiger partial charge >= 0.3 is 5.97 Å². The first-order chi connectivity index (χ1) is 9.10. The molecule has 0 aliphatic heterocycles. The predicted molar refractivity (Wildman–Crippen MR) is 76.9 cm³/mol. The van der Waals surface area contributed by atoms with Crippen LogP contribution in [0.1, 0.15) is 23.0 Å². The topological polar surface area (TPSA) is 77.2 Å². The van der Waals surface area contributed by atoms with Gasteiger partial charge in [-0.1, -0.05) is 6.07 Å². The number of nitrogen functional groups attached to an aromatic ring is 1. The Hall–Kier alpha value is -2.08. The third kappa shape index (κ3) is 3.23. The van der Waals surface area contributed by atoms with Crippen molar-refractivity contribution >= 4 is 33.8 Å². The Kier molecular flexibility index (Phi) is 4.01. The van der Waals surface area contributed by atoms with Crippen LogP contribution in [0.5, 0.6) is 0 Å². The summed E-state index contributed by atoms with van der Waals surface area (Å²) in [5.74, 6) is -0.406. The lowest BCUT2D eigenvalue weighted by atomic mass is 10.2. The van der Waals surface area contributed by atoms with Gasteiger partial charge in [0.2, 0.25) is 0 Å². The number of nitrogens with zero attached hydrogens (tertiary/aromatic N) is 1. The number of anilines is 3. The summed E-state index contributed by atoms with van der Waals surface area (Å²) in [5, 5.41) is 5.45. The van der Waals surface area contributed by atoms with Crippen LogP contribution < -0.4 is 11.1 Å². The van der Waals surface area contributed by atoms with Gasteiger partial charge in [-0.15, -0.1) is 11.3 Å². The number of esters is 1. The molecule has 0 fully saturated rings. The zero-order chi connectivity index (χ0) is 13.8. The van der Waals surface area contributed by atoms with Gasteiger partial charge in [0.25, 0.3) is 0 Å². The number of carbonyl (C=O) groups is 1. The van der Waals surface area contributed by atoms with Crippen LogP contribution in [-0.2, 0) is 4.74 Å². The molecule has 2 rings (SSSR count). The summed E-state index contributed by atoms with van der Waals surface area (Å²) in [4.78, 5) is 15.7. The Morgan fingerprint density at radius 2 is 2.32 bits per heavy atom. The lowest BCUT2D eigenvalue weighted by molar-refractivity contribution is 0.0520. The second kappa shape index (κ2) is 5.71. The van der Waals surface area contributed by atoms with E-state index in [1.165, 1.54) is 11.3 Å². The minimum Gasteiger partial charge on any atom is -0.461 e. The second-order valence-electron chi connectivity index (χ2n) is 3.96. The standard InChI is InChI=1S/C13H15N3O2S/c1-3-18-12(17)11-7-19-13(16-11)15-10-6-9(14)5-4-8(10)2/h4-7H,3,14H2,1-2H3,(H,15,16). The number of rotatable bonds is 4. The Morgan fingerprint density at radius 1 is 1.53 bits per heavy atom. The number of carbonyl (C=O) groups excluding carboxylic acids is 1. The summed E-state index contributed by atoms with van der Waals surface area (Å²) in [6, 6.07) is 5.60. The lowest BCUT2D eigenvalue weighted by Gasteiger charge is -2.07. The van der Waals surface area contributed by atoms with Gasteiger partial charge in [-0.2, -0.15) is 0 Å². The van der Waals surface area contributed by atoms with Crippen LogP contribution >= 0.6 is 11.3 Å². The van der Waals surface area contributed by atoms with E-state index in [0.717, 1.165) is 11.3 Å². The molecule has 19 heavy (non-hydrogen) atoms. The fourth-order valence-corrected chi connectivity index (χ4v) is 2.21. The SMILES string of the molecule is CCOC(=O)c1csc(Nc2cc(N)ccc2C)n1. The average molecular weight is 277 g/mol. The van der Waals surface area contributed by atoms with Gasteiger partial charge in [-0.05, 0) is 31.5 Å². The Balaban J connectivity index is 2.15. The van der Waals surface area contributed by atoms with Crippen LogP contribution in [0.2, 0.25) is 0 Å². The monoisotopic (exact) mass is 277 g/mol. The van der Waals surface area contributed by atoms with Crippen molar-refractivity contribution in [2.24, 2.45) is 0 Å². The second-order valence-corrected chi connectivity index (χ2v) is 4.82. The quantitative estimate of drug-likeness (QED) is 0.663. The number of hydrogen-bond donors (Lipinski definition) is 2. The first-order valence-corrected chi connectivity index (χ1v) is 6.74. The van der Waals surface area contributed by atoms with Gasteiger partial charge in [-0.3, -0.25) is 0 Å². The van der Waals surface area contributed by atoms with E-state index in [4.69, 9.17) is 10.5 Å². The average Bonchev–Trinajstić information content (AvgIpc) is 2.83. The Labute approximate surface area is 115 Å². The van der Waals surface area contributed by atoms with Gasteiger partial charge in [0, 0.05) is 16.8 Å². The molecule has 0 amide bonds. The summed E-state index contributed by atoms with van der Waals surface area (Å²) >= 11 is 1.35. The summed E-state index contributed by atoms with van der Waals surface area (Å²) < 4.78 is 4.89. The fraction of sp³-hybridized carbons (Fsp3) is 0.231. The van der Waals surface area contributed by atoms with E-state index in [1.807, 2.05) is 25.1 Å². The van der Waals surface area contributed by atoms with E-state index < -0.39 is 5.97 Å². The van der Waals surface area contributed by atoms with E-state index in [9.17, 15) is 4.79 Å². The first-order valence-electron chi connectivity index (χ1n) is 5.86. The molecule has 0 aliphatic rings. The summed E-state index contributed by atoms with van der Waals surface area (Å²) in [7, 11) is 0. The molecule has 0 saturated heterocycles. The molecule has 0 aliphatic carbocycles. The van der Waals surface area contributed by atoms with Crippen molar-refractivity contribution in [1.82, 2.24) is 4.98 Å². The number of ether oxygens (including phenoxy) is 1. The molecule has 3 N–H and O–H groups in total. The highest BCUT2D eigenvalue weighted by atomic mass is 32.1. The Bertz CT molecular complexity index is 595. The zero-order valence-corrected chi connectivity index (χ0v) is 11.6. The van der Waals surface area contributed by atoms with Crippen molar-refractivity contribution in [2.75, 3.05) is 17.7 Å². The van der Waals surface area contributed by atoms with Crippen LogP contribution in [0.25, 0.3) is 0 Å². The highest BCUT2D eigenvalue weighted by Gasteiger charge is 2.12. The number of thiazole rings is 1. The first kappa shape index (κ1) is 13.4. The van der Waals surface area contributed by atoms with Crippen molar-refractivity contribution in [3.05, 3.63) is 34.8 Å². The van der Waals surface area contributed by atoms with Crippen molar-refractivity contribution in [2.45, 2.75) is 13.8 Å². The molecule has 0 atom stereocenters. The van der Waals surface area contributed by atoms with E-state index in [1.54, 1.807) is 12.3 Å². The molecule has 6 heteroatoms. The van der Waals surface area contributed by atoms with E-state index in [-0.39, 0.29) is 0 Å². The van der Waals surface area contributed by atoms with Gasteiger partial charge in [-0.25, -0.2) is 9.78 Å². The van der Waals surface area contributed by atoms with Gasteiger partial charge in [0.1, 0.15) is 0 Å². The molecular formula is C13H15N3O2S. The summed E-state index contributed by atoms with van der Waals surface area (Å²) in [6.07, 6.45) is 0. The van der Waals surface area contributed by atoms with E-state index in [2.05, 4.69) is 10.3 Å². The maximum Gasteiger partial charge on any atom is 0.357 e. The fourth-order valence-electron chi connectivity index (χ4n) is 1.52. The maximum atomic E-state index is 11.5. The van der Waals surface area contributed by atoms with Crippen LogP contribution in [-0.4, -0.2) is 17.6 Å². The number of aromatic nitrogens is 1. The molecule has 0 unspecified atom stereocenters. The van der Waals surface area contributed by atoms with Gasteiger partial charge < -0.3 is 15.8 Å². The number of benzene rings is 1. The molecule has 2 aromatic rings. The number of nitrogens with two attached hydrogens (primary N) is 1. The molecule has 1 aromatic heterocycles.